The summed E-state index contributed by atoms with van der Waals surface area (Å²) in [5, 5.41) is 4.37. The van der Waals surface area contributed by atoms with E-state index in [-0.39, 0.29) is 12.1 Å². The molecule has 0 aliphatic carbocycles. The van der Waals surface area contributed by atoms with Crippen LogP contribution in [0.4, 0.5) is 0 Å². The van der Waals surface area contributed by atoms with Crippen LogP contribution in [0.2, 0.25) is 0 Å². The Bertz CT molecular complexity index is 803. The van der Waals surface area contributed by atoms with E-state index in [9.17, 15) is 0 Å². The predicted octanol–water partition coefficient (Wildman–Crippen LogP) is 3.16. The summed E-state index contributed by atoms with van der Waals surface area (Å²) >= 11 is 5.77. The third kappa shape index (κ3) is 4.63. The van der Waals surface area contributed by atoms with Gasteiger partial charge in [0.05, 0.1) is 31.0 Å². The highest BCUT2D eigenvalue weighted by molar-refractivity contribution is 7.80. The van der Waals surface area contributed by atoms with E-state index in [0.29, 0.717) is 6.04 Å². The number of hydrogen-bond donors (Lipinski definition) is 1. The van der Waals surface area contributed by atoms with Crippen LogP contribution >= 0.6 is 12.2 Å². The van der Waals surface area contributed by atoms with E-state index in [2.05, 4.69) is 63.0 Å². The molecule has 29 heavy (non-hydrogen) atoms. The Morgan fingerprint density at radius 2 is 2.03 bits per heavy atom. The Morgan fingerprint density at radius 3 is 2.72 bits per heavy atom. The van der Waals surface area contributed by atoms with E-state index >= 15 is 0 Å². The second-order valence-electron chi connectivity index (χ2n) is 8.11. The Kier molecular flexibility index (Phi) is 6.47. The molecule has 0 saturated carbocycles. The van der Waals surface area contributed by atoms with Gasteiger partial charge in [-0.15, -0.1) is 0 Å². The van der Waals surface area contributed by atoms with Gasteiger partial charge in [-0.25, -0.2) is 0 Å². The van der Waals surface area contributed by atoms with Crippen molar-refractivity contribution in [2.24, 2.45) is 0 Å². The minimum absolute atomic E-state index is 0.0649. The molecule has 1 N–H and O–H groups in total. The van der Waals surface area contributed by atoms with Crippen molar-refractivity contribution in [2.45, 2.75) is 38.4 Å². The molecule has 0 radical (unpaired) electrons. The molecule has 4 rings (SSSR count). The van der Waals surface area contributed by atoms with Crippen molar-refractivity contribution in [1.82, 2.24) is 24.7 Å². The van der Waals surface area contributed by atoms with Crippen LogP contribution in [0.25, 0.3) is 0 Å². The molecule has 6 nitrogen and oxygen atoms in total. The molecule has 156 valence electrons. The zero-order valence-corrected chi connectivity index (χ0v) is 18.1. The average molecular weight is 414 g/mol. The van der Waals surface area contributed by atoms with Crippen LogP contribution in [-0.4, -0.2) is 63.9 Å². The van der Waals surface area contributed by atoms with Gasteiger partial charge >= 0.3 is 0 Å². The molecular weight excluding hydrogens is 382 g/mol. The second-order valence-corrected chi connectivity index (χ2v) is 8.50. The predicted molar refractivity (Wildman–Crippen MR) is 119 cm³/mol. The van der Waals surface area contributed by atoms with Crippen LogP contribution in [0.5, 0.6) is 0 Å². The molecular formula is C22H31N5OS. The topological polar surface area (TPSA) is 45.6 Å². The van der Waals surface area contributed by atoms with Crippen LogP contribution in [0.15, 0.2) is 42.9 Å². The standard InChI is InChI=1S/C22H31N5OS/c1-17(2)26-11-7-18(16-26)21-20(19-6-3-4-8-23-19)24-22(29)27(21)10-5-9-25-12-14-28-15-13-25/h3-4,6-8,11,16-17,20-21H,5,9-10,12-15H2,1-2H3,(H,24,29)/t20-,21+/m1/s1. The van der Waals surface area contributed by atoms with Gasteiger partial charge < -0.3 is 19.5 Å². The first-order chi connectivity index (χ1) is 14.1. The van der Waals surface area contributed by atoms with E-state index in [1.807, 2.05) is 18.3 Å². The smallest absolute Gasteiger partial charge is 0.170 e. The van der Waals surface area contributed by atoms with Gasteiger partial charge in [-0.1, -0.05) is 6.07 Å². The van der Waals surface area contributed by atoms with Gasteiger partial charge in [-0.3, -0.25) is 9.88 Å². The summed E-state index contributed by atoms with van der Waals surface area (Å²) in [6.07, 6.45) is 7.37. The molecule has 2 aliphatic heterocycles. The lowest BCUT2D eigenvalue weighted by Crippen LogP contribution is -2.38. The lowest BCUT2D eigenvalue weighted by molar-refractivity contribution is 0.0365. The zero-order chi connectivity index (χ0) is 20.2. The van der Waals surface area contributed by atoms with Gasteiger partial charge in [0.15, 0.2) is 5.11 Å². The average Bonchev–Trinajstić information content (AvgIpc) is 3.35. The summed E-state index contributed by atoms with van der Waals surface area (Å²) in [5.74, 6) is 0. The van der Waals surface area contributed by atoms with Gasteiger partial charge in [-0.2, -0.15) is 0 Å². The maximum atomic E-state index is 5.77. The van der Waals surface area contributed by atoms with E-state index in [1.54, 1.807) is 0 Å². The minimum Gasteiger partial charge on any atom is -0.379 e. The van der Waals surface area contributed by atoms with Crippen molar-refractivity contribution in [2.75, 3.05) is 39.4 Å². The van der Waals surface area contributed by atoms with Gasteiger partial charge in [-0.05, 0) is 56.2 Å². The number of nitrogens with zero attached hydrogens (tertiary/aromatic N) is 4. The van der Waals surface area contributed by atoms with Crippen LogP contribution < -0.4 is 5.32 Å². The number of thiocarbonyl (C=S) groups is 1. The van der Waals surface area contributed by atoms with Crippen LogP contribution in [-0.2, 0) is 4.74 Å². The van der Waals surface area contributed by atoms with Crippen molar-refractivity contribution in [3.8, 4) is 0 Å². The largest absolute Gasteiger partial charge is 0.379 e. The molecule has 0 bridgehead atoms. The Morgan fingerprint density at radius 1 is 1.21 bits per heavy atom. The molecule has 0 aromatic carbocycles. The number of morpholine rings is 1. The maximum Gasteiger partial charge on any atom is 0.170 e. The Hall–Kier alpha value is -1.96. The monoisotopic (exact) mass is 413 g/mol. The normalized spacial score (nSPS) is 23.0. The van der Waals surface area contributed by atoms with E-state index in [4.69, 9.17) is 17.0 Å². The molecule has 2 aromatic heterocycles. The summed E-state index contributed by atoms with van der Waals surface area (Å²) in [6, 6.07) is 8.98. The third-order valence-corrected chi connectivity index (χ3v) is 6.20. The first-order valence-electron chi connectivity index (χ1n) is 10.6. The molecule has 7 heteroatoms. The van der Waals surface area contributed by atoms with Crippen LogP contribution in [0.3, 0.4) is 0 Å². The molecule has 2 aromatic rings. The third-order valence-electron chi connectivity index (χ3n) is 5.85. The molecule has 0 unspecified atom stereocenters. The number of hydrogen-bond acceptors (Lipinski definition) is 4. The fourth-order valence-electron chi connectivity index (χ4n) is 4.23. The van der Waals surface area contributed by atoms with E-state index in [0.717, 1.165) is 56.6 Å². The molecule has 2 atom stereocenters. The molecule has 0 spiro atoms. The Balaban J connectivity index is 1.53. The lowest BCUT2D eigenvalue weighted by atomic mass is 9.99. The van der Waals surface area contributed by atoms with Gasteiger partial charge in [0, 0.05) is 50.8 Å². The summed E-state index contributed by atoms with van der Waals surface area (Å²) in [7, 11) is 0. The van der Waals surface area contributed by atoms with E-state index in [1.165, 1.54) is 5.56 Å². The quantitative estimate of drug-likeness (QED) is 0.704. The van der Waals surface area contributed by atoms with Crippen LogP contribution in [0.1, 0.15) is 49.7 Å². The van der Waals surface area contributed by atoms with Gasteiger partial charge in [0.1, 0.15) is 0 Å². The second kappa shape index (κ2) is 9.24. The zero-order valence-electron chi connectivity index (χ0n) is 17.3. The first-order valence-corrected chi connectivity index (χ1v) is 11.0. The number of ether oxygens (including phenoxy) is 1. The highest BCUT2D eigenvalue weighted by Crippen LogP contribution is 2.38. The number of aromatic nitrogens is 2. The number of rotatable bonds is 7. The molecule has 2 saturated heterocycles. The number of pyridine rings is 1. The first kappa shape index (κ1) is 20.3. The fourth-order valence-corrected chi connectivity index (χ4v) is 4.56. The maximum absolute atomic E-state index is 5.77. The lowest BCUT2D eigenvalue weighted by Gasteiger charge is -2.30. The van der Waals surface area contributed by atoms with Crippen molar-refractivity contribution >= 4 is 17.3 Å². The minimum atomic E-state index is 0.0649. The van der Waals surface area contributed by atoms with Crippen molar-refractivity contribution < 1.29 is 4.74 Å². The molecule has 2 fully saturated rings. The highest BCUT2D eigenvalue weighted by atomic mass is 32.1. The fraction of sp³-hybridized carbons (Fsp3) is 0.545. The van der Waals surface area contributed by atoms with Crippen molar-refractivity contribution in [3.05, 3.63) is 54.1 Å². The summed E-state index contributed by atoms with van der Waals surface area (Å²) in [4.78, 5) is 9.46. The van der Waals surface area contributed by atoms with Gasteiger partial charge in [0.25, 0.3) is 0 Å². The summed E-state index contributed by atoms with van der Waals surface area (Å²) in [5.41, 5.74) is 2.32. The van der Waals surface area contributed by atoms with E-state index < -0.39 is 0 Å². The van der Waals surface area contributed by atoms with Crippen molar-refractivity contribution in [1.29, 1.82) is 0 Å². The summed E-state index contributed by atoms with van der Waals surface area (Å²) in [6.45, 7) is 10.2. The van der Waals surface area contributed by atoms with Crippen molar-refractivity contribution in [3.63, 3.8) is 0 Å². The number of nitrogens with one attached hydrogen (secondary N) is 1. The highest BCUT2D eigenvalue weighted by Gasteiger charge is 2.39. The van der Waals surface area contributed by atoms with Crippen LogP contribution in [0, 0.1) is 0 Å². The SMILES string of the molecule is CC(C)n1ccc([C@H]2[C@@H](c3ccccn3)NC(=S)N2CCCN2CCOCC2)c1. The van der Waals surface area contributed by atoms with Gasteiger partial charge in [0.2, 0.25) is 0 Å². The summed E-state index contributed by atoms with van der Waals surface area (Å²) < 4.78 is 7.73. The Labute approximate surface area is 178 Å². The molecule has 4 heterocycles. The molecule has 0 amide bonds. The molecule has 2 aliphatic rings.